The summed E-state index contributed by atoms with van der Waals surface area (Å²) >= 11 is 0. The summed E-state index contributed by atoms with van der Waals surface area (Å²) in [7, 11) is 0. The summed E-state index contributed by atoms with van der Waals surface area (Å²) in [5.74, 6) is -1.14. The Balaban J connectivity index is 2.32. The number of amides is 1. The number of piperidine rings is 1. The van der Waals surface area contributed by atoms with Gasteiger partial charge in [-0.25, -0.2) is 4.39 Å². The van der Waals surface area contributed by atoms with Gasteiger partial charge in [0.1, 0.15) is 11.4 Å². The highest BCUT2D eigenvalue weighted by Crippen LogP contribution is 2.26. The van der Waals surface area contributed by atoms with E-state index in [2.05, 4.69) is 0 Å². The smallest absolute Gasteiger partial charge is 0.285 e. The molecule has 1 atom stereocenters. The lowest BCUT2D eigenvalue weighted by Crippen LogP contribution is -2.44. The highest BCUT2D eigenvalue weighted by Gasteiger charge is 2.31. The number of nitrogens with zero attached hydrogens (tertiary/aromatic N) is 2. The molecule has 2 rings (SSSR count). The largest absolute Gasteiger partial charge is 0.335 e. The van der Waals surface area contributed by atoms with Crippen LogP contribution in [0.15, 0.2) is 18.2 Å². The molecule has 0 spiro atoms. The topological polar surface area (TPSA) is 89.5 Å². The van der Waals surface area contributed by atoms with Crippen molar-refractivity contribution in [2.24, 2.45) is 5.73 Å². The van der Waals surface area contributed by atoms with Gasteiger partial charge < -0.3 is 10.6 Å². The number of rotatable bonds is 4. The number of benzene rings is 1. The first-order chi connectivity index (χ1) is 10.0. The molecule has 7 heteroatoms. The van der Waals surface area contributed by atoms with Crippen LogP contribution in [0.5, 0.6) is 0 Å². The minimum Gasteiger partial charge on any atom is -0.335 e. The molecule has 0 aliphatic carbocycles. The first kappa shape index (κ1) is 15.4. The van der Waals surface area contributed by atoms with E-state index < -0.39 is 22.3 Å². The van der Waals surface area contributed by atoms with Crippen LogP contribution < -0.4 is 5.73 Å². The van der Waals surface area contributed by atoms with Crippen LogP contribution in [-0.4, -0.2) is 34.9 Å². The first-order valence-electron chi connectivity index (χ1n) is 6.99. The van der Waals surface area contributed by atoms with Gasteiger partial charge in [0.25, 0.3) is 11.6 Å². The van der Waals surface area contributed by atoms with Gasteiger partial charge >= 0.3 is 0 Å². The van der Waals surface area contributed by atoms with Crippen molar-refractivity contribution in [2.75, 3.05) is 13.1 Å². The maximum Gasteiger partial charge on any atom is 0.285 e. The lowest BCUT2D eigenvalue weighted by atomic mass is 9.98. The van der Waals surface area contributed by atoms with Gasteiger partial charge in [0.2, 0.25) is 0 Å². The van der Waals surface area contributed by atoms with Crippen molar-refractivity contribution in [2.45, 2.75) is 31.7 Å². The van der Waals surface area contributed by atoms with Gasteiger partial charge in [-0.3, -0.25) is 14.9 Å². The SMILES string of the molecule is NCCC1CCCCN1C(=O)c1ccc(F)cc1[N+](=O)[O-]. The van der Waals surface area contributed by atoms with E-state index in [1.807, 2.05) is 0 Å². The molecule has 114 valence electrons. The molecule has 21 heavy (non-hydrogen) atoms. The first-order valence-corrected chi connectivity index (χ1v) is 6.99. The van der Waals surface area contributed by atoms with Crippen molar-refractivity contribution in [1.29, 1.82) is 0 Å². The Morgan fingerprint density at radius 3 is 2.90 bits per heavy atom. The summed E-state index contributed by atoms with van der Waals surface area (Å²) in [5, 5.41) is 11.0. The van der Waals surface area contributed by atoms with Crippen LogP contribution in [0.3, 0.4) is 0 Å². The second-order valence-corrected chi connectivity index (χ2v) is 5.14. The molecule has 1 amide bonds. The van der Waals surface area contributed by atoms with E-state index in [9.17, 15) is 19.3 Å². The second kappa shape index (κ2) is 6.62. The zero-order valence-corrected chi connectivity index (χ0v) is 11.6. The predicted molar refractivity (Wildman–Crippen MR) is 75.4 cm³/mol. The predicted octanol–water partition coefficient (Wildman–Crippen LogP) is 2.08. The van der Waals surface area contributed by atoms with Gasteiger partial charge in [0.05, 0.1) is 11.0 Å². The summed E-state index contributed by atoms with van der Waals surface area (Å²) in [4.78, 5) is 24.5. The number of carbonyl (C=O) groups is 1. The number of likely N-dealkylation sites (tertiary alicyclic amines) is 1. The van der Waals surface area contributed by atoms with Gasteiger partial charge in [0.15, 0.2) is 0 Å². The number of nitrogens with two attached hydrogens (primary N) is 1. The molecule has 0 saturated carbocycles. The molecule has 1 aromatic carbocycles. The lowest BCUT2D eigenvalue weighted by molar-refractivity contribution is -0.385. The average Bonchev–Trinajstić information content (AvgIpc) is 2.47. The normalized spacial score (nSPS) is 18.6. The van der Waals surface area contributed by atoms with E-state index in [0.29, 0.717) is 19.5 Å². The maximum atomic E-state index is 13.2. The summed E-state index contributed by atoms with van der Waals surface area (Å²) < 4.78 is 13.2. The average molecular weight is 295 g/mol. The monoisotopic (exact) mass is 295 g/mol. The molecule has 1 aromatic rings. The van der Waals surface area contributed by atoms with E-state index in [1.54, 1.807) is 4.90 Å². The zero-order chi connectivity index (χ0) is 15.4. The van der Waals surface area contributed by atoms with E-state index in [0.717, 1.165) is 31.4 Å². The van der Waals surface area contributed by atoms with Crippen molar-refractivity contribution in [1.82, 2.24) is 4.90 Å². The number of hydrogen-bond acceptors (Lipinski definition) is 4. The van der Waals surface area contributed by atoms with Crippen molar-refractivity contribution in [3.63, 3.8) is 0 Å². The molecule has 1 fully saturated rings. The van der Waals surface area contributed by atoms with Crippen LogP contribution in [0, 0.1) is 15.9 Å². The fourth-order valence-electron chi connectivity index (χ4n) is 2.75. The molecule has 6 nitrogen and oxygen atoms in total. The summed E-state index contributed by atoms with van der Waals surface area (Å²) in [6.07, 6.45) is 3.39. The van der Waals surface area contributed by atoms with E-state index in [-0.39, 0.29) is 11.6 Å². The Morgan fingerprint density at radius 2 is 2.24 bits per heavy atom. The molecule has 2 N–H and O–H groups in total. The molecule has 0 radical (unpaired) electrons. The van der Waals surface area contributed by atoms with Crippen molar-refractivity contribution in [3.8, 4) is 0 Å². The molecule has 0 aromatic heterocycles. The minimum atomic E-state index is -0.726. The second-order valence-electron chi connectivity index (χ2n) is 5.14. The van der Waals surface area contributed by atoms with Crippen molar-refractivity contribution in [3.05, 3.63) is 39.7 Å². The molecular formula is C14H18FN3O3. The number of halogens is 1. The molecular weight excluding hydrogens is 277 g/mol. The fraction of sp³-hybridized carbons (Fsp3) is 0.500. The van der Waals surface area contributed by atoms with Gasteiger partial charge in [-0.05, 0) is 44.4 Å². The molecule has 1 saturated heterocycles. The van der Waals surface area contributed by atoms with E-state index in [1.165, 1.54) is 6.07 Å². The number of hydrogen-bond donors (Lipinski definition) is 1. The number of nitro benzene ring substituents is 1. The lowest BCUT2D eigenvalue weighted by Gasteiger charge is -2.35. The zero-order valence-electron chi connectivity index (χ0n) is 11.6. The summed E-state index contributed by atoms with van der Waals surface area (Å²) in [6, 6.07) is 3.04. The Hall–Kier alpha value is -2.02. The summed E-state index contributed by atoms with van der Waals surface area (Å²) in [5.41, 5.74) is 5.01. The Labute approximate surface area is 121 Å². The maximum absolute atomic E-state index is 13.2. The van der Waals surface area contributed by atoms with Gasteiger partial charge in [-0.2, -0.15) is 0 Å². The van der Waals surface area contributed by atoms with Gasteiger partial charge in [-0.1, -0.05) is 0 Å². The van der Waals surface area contributed by atoms with E-state index >= 15 is 0 Å². The van der Waals surface area contributed by atoms with Crippen LogP contribution in [-0.2, 0) is 0 Å². The summed E-state index contributed by atoms with van der Waals surface area (Å²) in [6.45, 7) is 1.01. The fourth-order valence-corrected chi connectivity index (χ4v) is 2.75. The van der Waals surface area contributed by atoms with Crippen LogP contribution in [0.1, 0.15) is 36.0 Å². The van der Waals surface area contributed by atoms with Crippen LogP contribution in [0.2, 0.25) is 0 Å². The molecule has 1 heterocycles. The molecule has 1 unspecified atom stereocenters. The quantitative estimate of drug-likeness (QED) is 0.680. The highest BCUT2D eigenvalue weighted by molar-refractivity contribution is 5.98. The Morgan fingerprint density at radius 1 is 1.48 bits per heavy atom. The Kier molecular flexibility index (Phi) is 4.85. The third-order valence-corrected chi connectivity index (χ3v) is 3.77. The van der Waals surface area contributed by atoms with E-state index in [4.69, 9.17) is 5.73 Å². The number of carbonyl (C=O) groups excluding carboxylic acids is 1. The third-order valence-electron chi connectivity index (χ3n) is 3.77. The minimum absolute atomic E-state index is 0.000840. The number of nitro groups is 1. The van der Waals surface area contributed by atoms with Crippen LogP contribution in [0.4, 0.5) is 10.1 Å². The van der Waals surface area contributed by atoms with Crippen molar-refractivity contribution >= 4 is 11.6 Å². The molecule has 1 aliphatic rings. The molecule has 0 bridgehead atoms. The van der Waals surface area contributed by atoms with Gasteiger partial charge in [0, 0.05) is 12.6 Å². The Bertz CT molecular complexity index is 548. The van der Waals surface area contributed by atoms with Crippen LogP contribution >= 0.6 is 0 Å². The highest BCUT2D eigenvalue weighted by atomic mass is 19.1. The van der Waals surface area contributed by atoms with Crippen LogP contribution in [0.25, 0.3) is 0 Å². The molecule has 1 aliphatic heterocycles. The van der Waals surface area contributed by atoms with Gasteiger partial charge in [-0.15, -0.1) is 0 Å². The standard InChI is InChI=1S/C14H18FN3O3/c15-10-4-5-12(13(9-10)18(20)21)14(19)17-8-2-1-3-11(17)6-7-16/h4-5,9,11H,1-3,6-8,16H2. The third kappa shape index (κ3) is 3.36. The van der Waals surface area contributed by atoms with Crippen molar-refractivity contribution < 1.29 is 14.1 Å².